The smallest absolute Gasteiger partial charge is 0.234 e. The van der Waals surface area contributed by atoms with Gasteiger partial charge in [-0.05, 0) is 25.0 Å². The van der Waals surface area contributed by atoms with E-state index in [9.17, 15) is 4.79 Å². The topological polar surface area (TPSA) is 85.8 Å². The summed E-state index contributed by atoms with van der Waals surface area (Å²) in [6.45, 7) is 4.29. The maximum Gasteiger partial charge on any atom is 0.234 e. The number of anilines is 1. The Bertz CT molecular complexity index is 633. The van der Waals surface area contributed by atoms with Crippen LogP contribution in [0.3, 0.4) is 0 Å². The molecule has 0 saturated carbocycles. The second-order valence-corrected chi connectivity index (χ2v) is 5.71. The van der Waals surface area contributed by atoms with Crippen LogP contribution in [-0.4, -0.2) is 26.4 Å². The zero-order valence-corrected chi connectivity index (χ0v) is 13.2. The van der Waals surface area contributed by atoms with Gasteiger partial charge in [-0.1, -0.05) is 30.0 Å². The zero-order chi connectivity index (χ0) is 15.4. The van der Waals surface area contributed by atoms with Crippen molar-refractivity contribution in [1.29, 1.82) is 0 Å². The fourth-order valence-electron chi connectivity index (χ4n) is 1.97. The number of nitrogens with two attached hydrogens (primary N) is 1. The summed E-state index contributed by atoms with van der Waals surface area (Å²) in [6.07, 6.45) is 0. The third-order valence-electron chi connectivity index (χ3n) is 3.19. The van der Waals surface area contributed by atoms with Crippen molar-refractivity contribution >= 4 is 23.4 Å². The number of benzene rings is 1. The van der Waals surface area contributed by atoms with Crippen molar-refractivity contribution in [2.24, 2.45) is 12.8 Å². The Hall–Kier alpha value is -1.86. The minimum Gasteiger partial charge on any atom is -0.325 e. The summed E-state index contributed by atoms with van der Waals surface area (Å²) in [7, 11) is 1.84. The zero-order valence-electron chi connectivity index (χ0n) is 12.4. The number of nitrogens with one attached hydrogen (secondary N) is 1. The predicted octanol–water partition coefficient (Wildman–Crippen LogP) is 1.62. The summed E-state index contributed by atoms with van der Waals surface area (Å²) in [6, 6.07) is 5.93. The molecule has 3 N–H and O–H groups in total. The molecule has 112 valence electrons. The van der Waals surface area contributed by atoms with Crippen LogP contribution in [0.15, 0.2) is 23.4 Å². The Morgan fingerprint density at radius 1 is 1.33 bits per heavy atom. The largest absolute Gasteiger partial charge is 0.325 e. The molecule has 0 fully saturated rings. The number of hydrogen-bond acceptors (Lipinski definition) is 5. The van der Waals surface area contributed by atoms with Crippen LogP contribution in [0.5, 0.6) is 0 Å². The standard InChI is InChI=1S/C14H19N5OS/c1-9-5-4-6-10(2)13(9)16-12(20)8-21-14-18-17-11(7-15)19(14)3/h4-6H,7-8,15H2,1-3H3,(H,16,20). The van der Waals surface area contributed by atoms with Crippen LogP contribution in [0.4, 0.5) is 5.69 Å². The van der Waals surface area contributed by atoms with Crippen molar-refractivity contribution in [2.45, 2.75) is 25.5 Å². The number of para-hydroxylation sites is 1. The summed E-state index contributed by atoms with van der Waals surface area (Å²) in [5.41, 5.74) is 8.53. The Labute approximate surface area is 128 Å². The lowest BCUT2D eigenvalue weighted by molar-refractivity contribution is -0.113. The molecule has 6 nitrogen and oxygen atoms in total. The van der Waals surface area contributed by atoms with E-state index < -0.39 is 0 Å². The molecule has 0 saturated heterocycles. The van der Waals surface area contributed by atoms with Crippen LogP contribution < -0.4 is 11.1 Å². The second kappa shape index (κ2) is 6.73. The van der Waals surface area contributed by atoms with Crippen molar-refractivity contribution in [3.8, 4) is 0 Å². The van der Waals surface area contributed by atoms with E-state index in [2.05, 4.69) is 15.5 Å². The highest BCUT2D eigenvalue weighted by atomic mass is 32.2. The van der Waals surface area contributed by atoms with Gasteiger partial charge in [-0.3, -0.25) is 4.79 Å². The van der Waals surface area contributed by atoms with Gasteiger partial charge in [0.05, 0.1) is 12.3 Å². The molecule has 0 atom stereocenters. The lowest BCUT2D eigenvalue weighted by Gasteiger charge is -2.11. The van der Waals surface area contributed by atoms with Crippen LogP contribution in [0.2, 0.25) is 0 Å². The Morgan fingerprint density at radius 2 is 2.00 bits per heavy atom. The van der Waals surface area contributed by atoms with E-state index >= 15 is 0 Å². The summed E-state index contributed by atoms with van der Waals surface area (Å²) in [4.78, 5) is 12.1. The lowest BCUT2D eigenvalue weighted by atomic mass is 10.1. The van der Waals surface area contributed by atoms with E-state index in [-0.39, 0.29) is 11.7 Å². The van der Waals surface area contributed by atoms with Crippen molar-refractivity contribution in [3.63, 3.8) is 0 Å². The molecule has 1 aromatic heterocycles. The van der Waals surface area contributed by atoms with Crippen LogP contribution >= 0.6 is 11.8 Å². The van der Waals surface area contributed by atoms with Gasteiger partial charge in [0.1, 0.15) is 5.82 Å². The fraction of sp³-hybridized carbons (Fsp3) is 0.357. The molecule has 2 rings (SSSR count). The molecule has 7 heteroatoms. The number of aryl methyl sites for hydroxylation is 2. The van der Waals surface area contributed by atoms with Crippen LogP contribution in [-0.2, 0) is 18.4 Å². The Kier molecular flexibility index (Phi) is 4.98. The number of rotatable bonds is 5. The second-order valence-electron chi connectivity index (χ2n) is 4.77. The van der Waals surface area contributed by atoms with E-state index in [0.29, 0.717) is 17.5 Å². The number of aromatic nitrogens is 3. The van der Waals surface area contributed by atoms with Crippen LogP contribution in [0.25, 0.3) is 0 Å². The van der Waals surface area contributed by atoms with E-state index in [0.717, 1.165) is 16.8 Å². The summed E-state index contributed by atoms with van der Waals surface area (Å²) >= 11 is 1.34. The lowest BCUT2D eigenvalue weighted by Crippen LogP contribution is -2.16. The summed E-state index contributed by atoms with van der Waals surface area (Å²) in [5.74, 6) is 0.923. The summed E-state index contributed by atoms with van der Waals surface area (Å²) < 4.78 is 1.80. The van der Waals surface area contributed by atoms with Gasteiger partial charge in [0.25, 0.3) is 0 Å². The van der Waals surface area contributed by atoms with Gasteiger partial charge in [-0.15, -0.1) is 10.2 Å². The first-order chi connectivity index (χ1) is 10.0. The van der Waals surface area contributed by atoms with Gasteiger partial charge in [-0.25, -0.2) is 0 Å². The van der Waals surface area contributed by atoms with E-state index in [1.165, 1.54) is 11.8 Å². The van der Waals surface area contributed by atoms with Crippen molar-refractivity contribution in [1.82, 2.24) is 14.8 Å². The number of amides is 1. The number of hydrogen-bond donors (Lipinski definition) is 2. The van der Waals surface area contributed by atoms with Crippen molar-refractivity contribution in [2.75, 3.05) is 11.1 Å². The number of thioether (sulfide) groups is 1. The fourth-order valence-corrected chi connectivity index (χ4v) is 2.70. The van der Waals surface area contributed by atoms with Crippen LogP contribution in [0, 0.1) is 13.8 Å². The van der Waals surface area contributed by atoms with Crippen molar-refractivity contribution < 1.29 is 4.79 Å². The maximum absolute atomic E-state index is 12.1. The van der Waals surface area contributed by atoms with Gasteiger partial charge < -0.3 is 15.6 Å². The molecule has 2 aromatic rings. The number of nitrogens with zero attached hydrogens (tertiary/aromatic N) is 3. The first-order valence-corrected chi connectivity index (χ1v) is 7.58. The molecule has 0 aliphatic heterocycles. The molecule has 21 heavy (non-hydrogen) atoms. The number of carbonyl (C=O) groups excluding carboxylic acids is 1. The normalized spacial score (nSPS) is 10.7. The molecule has 0 spiro atoms. The van der Waals surface area contributed by atoms with Gasteiger partial charge >= 0.3 is 0 Å². The average Bonchev–Trinajstić information content (AvgIpc) is 2.81. The molecule has 0 aliphatic carbocycles. The number of carbonyl (C=O) groups is 1. The highest BCUT2D eigenvalue weighted by Gasteiger charge is 2.12. The van der Waals surface area contributed by atoms with E-state index in [1.54, 1.807) is 4.57 Å². The van der Waals surface area contributed by atoms with E-state index in [4.69, 9.17) is 5.73 Å². The molecular formula is C14H19N5OS. The molecule has 0 aliphatic rings. The van der Waals surface area contributed by atoms with Gasteiger partial charge in [0.15, 0.2) is 5.16 Å². The minimum atomic E-state index is -0.0605. The third-order valence-corrected chi connectivity index (χ3v) is 4.21. The minimum absolute atomic E-state index is 0.0605. The Balaban J connectivity index is 1.98. The van der Waals surface area contributed by atoms with Crippen molar-refractivity contribution in [3.05, 3.63) is 35.2 Å². The molecular weight excluding hydrogens is 286 g/mol. The van der Waals surface area contributed by atoms with Crippen LogP contribution in [0.1, 0.15) is 17.0 Å². The first-order valence-electron chi connectivity index (χ1n) is 6.60. The van der Waals surface area contributed by atoms with Gasteiger partial charge in [-0.2, -0.15) is 0 Å². The maximum atomic E-state index is 12.1. The molecule has 0 radical (unpaired) electrons. The predicted molar refractivity (Wildman–Crippen MR) is 84.2 cm³/mol. The first kappa shape index (κ1) is 15.5. The Morgan fingerprint density at radius 3 is 2.57 bits per heavy atom. The molecule has 1 amide bonds. The SMILES string of the molecule is Cc1cccc(C)c1NC(=O)CSc1nnc(CN)n1C. The van der Waals surface area contributed by atoms with Gasteiger partial charge in [0, 0.05) is 12.7 Å². The highest BCUT2D eigenvalue weighted by Crippen LogP contribution is 2.21. The summed E-state index contributed by atoms with van der Waals surface area (Å²) in [5, 5.41) is 11.6. The van der Waals surface area contributed by atoms with E-state index in [1.807, 2.05) is 39.1 Å². The quantitative estimate of drug-likeness (QED) is 0.820. The molecule has 0 bridgehead atoms. The highest BCUT2D eigenvalue weighted by molar-refractivity contribution is 7.99. The molecule has 0 unspecified atom stereocenters. The van der Waals surface area contributed by atoms with Gasteiger partial charge in [0.2, 0.25) is 5.91 Å². The molecule has 1 aromatic carbocycles. The molecule has 1 heterocycles. The monoisotopic (exact) mass is 305 g/mol. The average molecular weight is 305 g/mol. The third kappa shape index (κ3) is 3.62.